The molecular formula is C20H23N3O2. The molecule has 0 radical (unpaired) electrons. The van der Waals surface area contributed by atoms with Crippen LogP contribution in [-0.4, -0.2) is 37.2 Å². The summed E-state index contributed by atoms with van der Waals surface area (Å²) in [6.45, 7) is 3.83. The summed E-state index contributed by atoms with van der Waals surface area (Å²) in [7, 11) is 0. The van der Waals surface area contributed by atoms with Crippen molar-refractivity contribution < 1.29 is 9.53 Å². The number of nitrogens with one attached hydrogen (secondary N) is 1. The highest BCUT2D eigenvalue weighted by Crippen LogP contribution is 2.39. The fourth-order valence-corrected chi connectivity index (χ4v) is 3.17. The third-order valence-corrected chi connectivity index (χ3v) is 4.82. The maximum Gasteiger partial charge on any atom is 0.251 e. The van der Waals surface area contributed by atoms with Gasteiger partial charge in [0.15, 0.2) is 0 Å². The predicted octanol–water partition coefficient (Wildman–Crippen LogP) is 2.73. The molecular weight excluding hydrogens is 314 g/mol. The minimum absolute atomic E-state index is 0.0506. The lowest BCUT2D eigenvalue weighted by Crippen LogP contribution is -2.36. The Morgan fingerprint density at radius 1 is 1.16 bits per heavy atom. The zero-order valence-electron chi connectivity index (χ0n) is 14.3. The third kappa shape index (κ3) is 3.99. The first-order valence-corrected chi connectivity index (χ1v) is 8.94. The summed E-state index contributed by atoms with van der Waals surface area (Å²) in [6.07, 6.45) is 6.28. The number of hydrogen-bond donors (Lipinski definition) is 1. The molecule has 5 heteroatoms. The van der Waals surface area contributed by atoms with Gasteiger partial charge < -0.3 is 15.0 Å². The Bertz CT molecular complexity index is 735. The molecule has 0 spiro atoms. The highest BCUT2D eigenvalue weighted by molar-refractivity contribution is 5.94. The van der Waals surface area contributed by atoms with Gasteiger partial charge in [-0.2, -0.15) is 0 Å². The molecule has 1 saturated carbocycles. The van der Waals surface area contributed by atoms with Crippen LogP contribution in [0.1, 0.15) is 40.2 Å². The Hall–Kier alpha value is -2.40. The fraction of sp³-hybridized carbons (Fsp3) is 0.400. The maximum atomic E-state index is 12.4. The van der Waals surface area contributed by atoms with Crippen LogP contribution in [0.15, 0.2) is 42.7 Å². The number of carbonyl (C=O) groups excluding carboxylic acids is 1. The van der Waals surface area contributed by atoms with Crippen molar-refractivity contribution in [2.45, 2.75) is 25.3 Å². The number of rotatable bonds is 5. The van der Waals surface area contributed by atoms with E-state index in [1.54, 1.807) is 0 Å². The minimum Gasteiger partial charge on any atom is -0.378 e. The van der Waals surface area contributed by atoms with Gasteiger partial charge in [-0.1, -0.05) is 6.07 Å². The summed E-state index contributed by atoms with van der Waals surface area (Å²) < 4.78 is 5.37. The van der Waals surface area contributed by atoms with E-state index in [0.717, 1.165) is 37.6 Å². The lowest BCUT2D eigenvalue weighted by Gasteiger charge is -2.28. The smallest absolute Gasteiger partial charge is 0.251 e. The number of aromatic nitrogens is 1. The topological polar surface area (TPSA) is 54.5 Å². The van der Waals surface area contributed by atoms with Crippen molar-refractivity contribution in [1.82, 2.24) is 10.3 Å². The Morgan fingerprint density at radius 3 is 2.64 bits per heavy atom. The van der Waals surface area contributed by atoms with Gasteiger partial charge in [0.2, 0.25) is 0 Å². The van der Waals surface area contributed by atoms with Gasteiger partial charge in [0.1, 0.15) is 0 Å². The largest absolute Gasteiger partial charge is 0.378 e. The maximum absolute atomic E-state index is 12.4. The first kappa shape index (κ1) is 16.1. The number of pyridine rings is 1. The normalized spacial score (nSPS) is 17.4. The lowest BCUT2D eigenvalue weighted by molar-refractivity contribution is 0.0951. The first-order valence-electron chi connectivity index (χ1n) is 8.94. The van der Waals surface area contributed by atoms with Crippen molar-refractivity contribution in [3.63, 3.8) is 0 Å². The average Bonchev–Trinajstić information content (AvgIpc) is 3.52. The molecule has 1 N–H and O–H groups in total. The molecule has 0 unspecified atom stereocenters. The van der Waals surface area contributed by atoms with Gasteiger partial charge >= 0.3 is 0 Å². The molecule has 1 aromatic heterocycles. The Kier molecular flexibility index (Phi) is 4.65. The quantitative estimate of drug-likeness (QED) is 0.911. The molecule has 1 saturated heterocycles. The molecule has 1 aliphatic heterocycles. The van der Waals surface area contributed by atoms with Crippen LogP contribution in [0, 0.1) is 0 Å². The van der Waals surface area contributed by atoms with Crippen LogP contribution in [0.5, 0.6) is 0 Å². The van der Waals surface area contributed by atoms with E-state index < -0.39 is 0 Å². The number of hydrogen-bond acceptors (Lipinski definition) is 4. The fourth-order valence-electron chi connectivity index (χ4n) is 3.17. The zero-order chi connectivity index (χ0) is 17.1. The number of amides is 1. The first-order chi connectivity index (χ1) is 12.3. The number of benzene rings is 1. The zero-order valence-corrected chi connectivity index (χ0v) is 14.3. The molecule has 1 amide bonds. The molecule has 4 rings (SSSR count). The highest BCUT2D eigenvalue weighted by atomic mass is 16.5. The van der Waals surface area contributed by atoms with Crippen molar-refractivity contribution in [1.29, 1.82) is 0 Å². The molecule has 2 aliphatic rings. The molecule has 130 valence electrons. The number of anilines is 1. The van der Waals surface area contributed by atoms with E-state index in [1.165, 1.54) is 18.4 Å². The van der Waals surface area contributed by atoms with Crippen LogP contribution in [-0.2, 0) is 11.3 Å². The van der Waals surface area contributed by atoms with E-state index >= 15 is 0 Å². The van der Waals surface area contributed by atoms with E-state index in [4.69, 9.17) is 4.74 Å². The second-order valence-electron chi connectivity index (χ2n) is 6.73. The molecule has 5 nitrogen and oxygen atoms in total. The van der Waals surface area contributed by atoms with Crippen LogP contribution >= 0.6 is 0 Å². The van der Waals surface area contributed by atoms with Crippen molar-refractivity contribution in [3.05, 3.63) is 59.4 Å². The molecule has 1 aromatic carbocycles. The van der Waals surface area contributed by atoms with E-state index in [9.17, 15) is 4.79 Å². The molecule has 2 aromatic rings. The van der Waals surface area contributed by atoms with Gasteiger partial charge in [-0.05, 0) is 54.2 Å². The monoisotopic (exact) mass is 337 g/mol. The standard InChI is InChI=1S/C20H23N3O2/c24-20(22-13-15-11-18(14-21-12-15)16-1-2-16)17-3-5-19(6-4-17)23-7-9-25-10-8-23/h3-6,11-12,14,16H,1-2,7-10,13H2,(H,22,24). The minimum atomic E-state index is -0.0506. The molecule has 0 bridgehead atoms. The van der Waals surface area contributed by atoms with Gasteiger partial charge in [0, 0.05) is 43.3 Å². The SMILES string of the molecule is O=C(NCc1cncc(C2CC2)c1)c1ccc(N2CCOCC2)cc1. The van der Waals surface area contributed by atoms with Crippen LogP contribution in [0.25, 0.3) is 0 Å². The summed E-state index contributed by atoms with van der Waals surface area (Å²) in [5, 5.41) is 2.99. The highest BCUT2D eigenvalue weighted by Gasteiger charge is 2.23. The summed E-state index contributed by atoms with van der Waals surface area (Å²) in [6, 6.07) is 9.95. The Labute approximate surface area is 148 Å². The van der Waals surface area contributed by atoms with Crippen LogP contribution < -0.4 is 10.2 Å². The van der Waals surface area contributed by atoms with Crippen LogP contribution in [0.2, 0.25) is 0 Å². The van der Waals surface area contributed by atoms with Crippen molar-refractivity contribution in [3.8, 4) is 0 Å². The Balaban J connectivity index is 1.35. The number of ether oxygens (including phenoxy) is 1. The van der Waals surface area contributed by atoms with Crippen molar-refractivity contribution >= 4 is 11.6 Å². The van der Waals surface area contributed by atoms with Crippen LogP contribution in [0.3, 0.4) is 0 Å². The van der Waals surface area contributed by atoms with Gasteiger partial charge in [-0.25, -0.2) is 0 Å². The van der Waals surface area contributed by atoms with Crippen LogP contribution in [0.4, 0.5) is 5.69 Å². The second kappa shape index (κ2) is 7.23. The Morgan fingerprint density at radius 2 is 1.92 bits per heavy atom. The van der Waals surface area contributed by atoms with Crippen molar-refractivity contribution in [2.75, 3.05) is 31.2 Å². The third-order valence-electron chi connectivity index (χ3n) is 4.82. The second-order valence-corrected chi connectivity index (χ2v) is 6.73. The number of morpholine rings is 1. The van der Waals surface area contributed by atoms with Gasteiger partial charge in [-0.15, -0.1) is 0 Å². The summed E-state index contributed by atoms with van der Waals surface area (Å²) in [4.78, 5) is 18.9. The number of nitrogens with zero attached hydrogens (tertiary/aromatic N) is 2. The average molecular weight is 337 g/mol. The lowest BCUT2D eigenvalue weighted by atomic mass is 10.1. The summed E-state index contributed by atoms with van der Waals surface area (Å²) in [5.41, 5.74) is 4.17. The molecule has 0 atom stereocenters. The van der Waals surface area contributed by atoms with E-state index in [0.29, 0.717) is 18.0 Å². The van der Waals surface area contributed by atoms with E-state index in [1.807, 2.05) is 36.7 Å². The van der Waals surface area contributed by atoms with E-state index in [2.05, 4.69) is 21.3 Å². The van der Waals surface area contributed by atoms with Gasteiger partial charge in [0.25, 0.3) is 5.91 Å². The molecule has 2 heterocycles. The molecule has 1 aliphatic carbocycles. The van der Waals surface area contributed by atoms with Crippen molar-refractivity contribution in [2.24, 2.45) is 0 Å². The predicted molar refractivity (Wildman–Crippen MR) is 96.9 cm³/mol. The van der Waals surface area contributed by atoms with Gasteiger partial charge in [0.05, 0.1) is 13.2 Å². The van der Waals surface area contributed by atoms with E-state index in [-0.39, 0.29) is 5.91 Å². The molecule has 25 heavy (non-hydrogen) atoms. The summed E-state index contributed by atoms with van der Waals surface area (Å²) in [5.74, 6) is 0.626. The van der Waals surface area contributed by atoms with Gasteiger partial charge in [-0.3, -0.25) is 9.78 Å². The molecule has 2 fully saturated rings. The number of carbonyl (C=O) groups is 1. The summed E-state index contributed by atoms with van der Waals surface area (Å²) >= 11 is 0.